The number of sulfonamides is 1. The highest BCUT2D eigenvalue weighted by atomic mass is 32.2. The number of unbranched alkanes of at least 4 members (excludes halogenated alkanes) is 1. The molecule has 0 unspecified atom stereocenters. The summed E-state index contributed by atoms with van der Waals surface area (Å²) < 4.78 is 61.1. The molecule has 0 saturated carbocycles. The minimum Gasteiger partial charge on any atom is -0.489 e. The van der Waals surface area contributed by atoms with E-state index in [1.54, 1.807) is 65.0 Å². The summed E-state index contributed by atoms with van der Waals surface area (Å²) in [4.78, 5) is 74.6. The SMILES string of the molecule is C=CC[C@H](NC(=O)[C@@H](CCCN=C(N)NS(=O)(=O)c1c(C)c(C)c2c(c1C)CCC(C)(C)O2)NC(=O)[C@@H](CCCCNC(=O)OC(C)(C)C)NC(=O)COc1ccc2ccccc2c1-c1c(OCC=Cc2ccccc2)ccc2ccccc12)C(=O)OCc1ccccc1. The number of rotatable bonds is 29. The van der Waals surface area contributed by atoms with Crippen LogP contribution in [0.3, 0.4) is 0 Å². The van der Waals surface area contributed by atoms with Crippen LogP contribution in [0.25, 0.3) is 38.7 Å². The number of nitrogens with zero attached hydrogens (tertiary/aromatic N) is 1. The maximum atomic E-state index is 14.9. The summed E-state index contributed by atoms with van der Waals surface area (Å²) in [6.45, 7) is 18.0. The molecule has 0 spiro atoms. The number of carbonyl (C=O) groups is 5. The fourth-order valence-corrected chi connectivity index (χ4v) is 12.8. The number of carbonyl (C=O) groups excluding carboxylic acids is 5. The summed E-state index contributed by atoms with van der Waals surface area (Å²) in [5, 5.41) is 14.7. The number of esters is 1. The van der Waals surface area contributed by atoms with Gasteiger partial charge in [-0.15, -0.1) is 6.58 Å². The summed E-state index contributed by atoms with van der Waals surface area (Å²) in [5.41, 5.74) is 10.9. The molecular weight excluding hydrogens is 1210 g/mol. The van der Waals surface area contributed by atoms with Crippen LogP contribution in [0, 0.1) is 20.8 Å². The quantitative estimate of drug-likeness (QED) is 0.00839. The standard InChI is InChI=1S/C74H87N7O12S/c1-10-25-60(70(85)91-46-52-28-15-12-16-29-52)80-69(84)59(36-23-44-76-71(75)81-94(87,88)67-49(3)48(2)66-55(50(67)4)41-42-74(8,9)92-66)79-68(83)58(35-21-22-43-77-72(86)93-73(5,6)7)78-63(82)47-90-62-40-38-54-32-18-20-34-57(54)65(62)64-56-33-19-17-31-53(56)37-39-61(64)89-45-24-30-51-26-13-11-14-27-51/h10-20,24,26-34,37-40,58-60H,1,21-23,25,35-36,41-47H2,2-9H3,(H,77,86)(H,78,82)(H,79,83)(H,80,84)(H3,75,76,81)/t58-,59-,60+/m1/s1. The number of aliphatic imine (C=N–C) groups is 1. The van der Waals surface area contributed by atoms with Crippen LogP contribution in [0.2, 0.25) is 0 Å². The molecule has 1 aliphatic rings. The van der Waals surface area contributed by atoms with Gasteiger partial charge in [-0.2, -0.15) is 0 Å². The van der Waals surface area contributed by atoms with Gasteiger partial charge in [0.2, 0.25) is 17.8 Å². The molecule has 496 valence electrons. The molecule has 1 heterocycles. The fourth-order valence-electron chi connectivity index (χ4n) is 11.3. The first kappa shape index (κ1) is 70.2. The Bertz CT molecular complexity index is 4040. The second-order valence-electron chi connectivity index (χ2n) is 24.9. The molecule has 0 fully saturated rings. The van der Waals surface area contributed by atoms with E-state index in [1.807, 2.05) is 136 Å². The number of guanidine groups is 1. The van der Waals surface area contributed by atoms with Gasteiger partial charge in [-0.3, -0.25) is 19.4 Å². The van der Waals surface area contributed by atoms with E-state index < -0.39 is 81.7 Å². The van der Waals surface area contributed by atoms with Crippen LogP contribution in [-0.2, 0) is 51.7 Å². The number of hydrogen-bond donors (Lipinski definition) is 6. The molecule has 7 aromatic carbocycles. The van der Waals surface area contributed by atoms with E-state index in [2.05, 4.69) is 37.6 Å². The van der Waals surface area contributed by atoms with Crippen molar-refractivity contribution in [2.24, 2.45) is 10.7 Å². The first-order valence-electron chi connectivity index (χ1n) is 31.8. The molecule has 94 heavy (non-hydrogen) atoms. The molecular formula is C74H87N7O12S. The zero-order valence-corrected chi connectivity index (χ0v) is 55.7. The minimum absolute atomic E-state index is 0.0232. The molecule has 8 rings (SSSR count). The second kappa shape index (κ2) is 32.2. The van der Waals surface area contributed by atoms with Crippen molar-refractivity contribution in [3.05, 3.63) is 186 Å². The Morgan fingerprint density at radius 1 is 0.713 bits per heavy atom. The average molecular weight is 1300 g/mol. The van der Waals surface area contributed by atoms with E-state index >= 15 is 0 Å². The minimum atomic E-state index is -4.26. The number of fused-ring (bicyclic) bond motifs is 3. The molecule has 0 aromatic heterocycles. The number of hydrogen-bond acceptors (Lipinski definition) is 13. The molecule has 0 radical (unpaired) electrons. The zero-order valence-electron chi connectivity index (χ0n) is 54.9. The molecule has 4 amide bonds. The Morgan fingerprint density at radius 2 is 1.30 bits per heavy atom. The first-order valence-corrected chi connectivity index (χ1v) is 33.2. The number of nitrogens with two attached hydrogens (primary N) is 1. The molecule has 19 nitrogen and oxygen atoms in total. The van der Waals surface area contributed by atoms with Gasteiger partial charge in [-0.25, -0.2) is 22.7 Å². The van der Waals surface area contributed by atoms with E-state index in [0.29, 0.717) is 65.2 Å². The topological polar surface area (TPSA) is 264 Å². The van der Waals surface area contributed by atoms with Crippen molar-refractivity contribution in [1.82, 2.24) is 26.0 Å². The number of amides is 4. The van der Waals surface area contributed by atoms with Crippen molar-refractivity contribution >= 4 is 73.4 Å². The van der Waals surface area contributed by atoms with Crippen molar-refractivity contribution in [2.45, 2.75) is 148 Å². The summed E-state index contributed by atoms with van der Waals surface area (Å²) in [5.74, 6) is -1.70. The predicted molar refractivity (Wildman–Crippen MR) is 368 cm³/mol. The molecule has 0 bridgehead atoms. The Morgan fingerprint density at radius 3 is 1.94 bits per heavy atom. The lowest BCUT2D eigenvalue weighted by Gasteiger charge is -2.35. The molecule has 0 aliphatic carbocycles. The van der Waals surface area contributed by atoms with Crippen molar-refractivity contribution in [3.8, 4) is 28.4 Å². The van der Waals surface area contributed by atoms with Crippen LogP contribution in [0.4, 0.5) is 4.79 Å². The first-order chi connectivity index (χ1) is 44.9. The van der Waals surface area contributed by atoms with Crippen LogP contribution in [0.15, 0.2) is 162 Å². The largest absolute Gasteiger partial charge is 0.489 e. The highest BCUT2D eigenvalue weighted by Crippen LogP contribution is 2.46. The van der Waals surface area contributed by atoms with Crippen LogP contribution in [0.1, 0.15) is 113 Å². The summed E-state index contributed by atoms with van der Waals surface area (Å²) in [7, 11) is -4.26. The normalized spacial score (nSPS) is 13.9. The van der Waals surface area contributed by atoms with Crippen molar-refractivity contribution < 1.29 is 56.1 Å². The van der Waals surface area contributed by atoms with Crippen LogP contribution in [0.5, 0.6) is 17.2 Å². The van der Waals surface area contributed by atoms with Gasteiger partial charge in [-0.1, -0.05) is 133 Å². The molecule has 1 aliphatic heterocycles. The number of nitrogens with one attached hydrogen (secondary N) is 5. The third kappa shape index (κ3) is 19.2. The Balaban J connectivity index is 1.04. The van der Waals surface area contributed by atoms with Gasteiger partial charge in [0, 0.05) is 24.2 Å². The third-order valence-electron chi connectivity index (χ3n) is 16.0. The van der Waals surface area contributed by atoms with Gasteiger partial charge in [0.25, 0.3) is 15.9 Å². The molecule has 7 aromatic rings. The molecule has 20 heteroatoms. The number of ether oxygens (including phenoxy) is 5. The van der Waals surface area contributed by atoms with E-state index in [1.165, 1.54) is 6.08 Å². The van der Waals surface area contributed by atoms with Crippen molar-refractivity contribution in [2.75, 3.05) is 26.3 Å². The van der Waals surface area contributed by atoms with E-state index in [9.17, 15) is 32.4 Å². The lowest BCUT2D eigenvalue weighted by Crippen LogP contribution is -2.56. The highest BCUT2D eigenvalue weighted by molar-refractivity contribution is 7.90. The monoisotopic (exact) mass is 1300 g/mol. The van der Waals surface area contributed by atoms with E-state index in [4.69, 9.17) is 29.4 Å². The summed E-state index contributed by atoms with van der Waals surface area (Å²) in [6, 6.07) is 38.5. The van der Waals surface area contributed by atoms with Gasteiger partial charge in [-0.05, 0) is 180 Å². The van der Waals surface area contributed by atoms with Crippen LogP contribution < -0.4 is 45.9 Å². The van der Waals surface area contributed by atoms with Crippen molar-refractivity contribution in [1.29, 1.82) is 0 Å². The molecule has 3 atom stereocenters. The van der Waals surface area contributed by atoms with Gasteiger partial charge >= 0.3 is 12.1 Å². The van der Waals surface area contributed by atoms with Crippen LogP contribution >= 0.6 is 0 Å². The lowest BCUT2D eigenvalue weighted by molar-refractivity contribution is -0.149. The predicted octanol–water partition coefficient (Wildman–Crippen LogP) is 11.7. The lowest BCUT2D eigenvalue weighted by atomic mass is 9.88. The number of alkyl carbamates (subject to hydrolysis) is 1. The fraction of sp³-hybridized carbons (Fsp3) is 0.351. The molecule has 7 N–H and O–H groups in total. The third-order valence-corrected chi connectivity index (χ3v) is 17.7. The molecule has 0 saturated heterocycles. The van der Waals surface area contributed by atoms with E-state index in [-0.39, 0.29) is 56.9 Å². The Hall–Kier alpha value is -9.69. The van der Waals surface area contributed by atoms with E-state index in [0.717, 1.165) is 43.8 Å². The Kier molecular flexibility index (Phi) is 24.1. The maximum absolute atomic E-state index is 14.9. The summed E-state index contributed by atoms with van der Waals surface area (Å²) in [6.07, 6.45) is 6.74. The highest BCUT2D eigenvalue weighted by Gasteiger charge is 2.35. The van der Waals surface area contributed by atoms with Gasteiger partial charge in [0.1, 0.15) is 59.8 Å². The summed E-state index contributed by atoms with van der Waals surface area (Å²) >= 11 is 0. The second-order valence-corrected chi connectivity index (χ2v) is 26.5. The van der Waals surface area contributed by atoms with Crippen molar-refractivity contribution in [3.63, 3.8) is 0 Å². The van der Waals surface area contributed by atoms with Gasteiger partial charge in [0.15, 0.2) is 6.61 Å². The van der Waals surface area contributed by atoms with Gasteiger partial charge < -0.3 is 50.7 Å². The number of benzene rings is 7. The van der Waals surface area contributed by atoms with Gasteiger partial charge in [0.05, 0.1) is 4.90 Å². The maximum Gasteiger partial charge on any atom is 0.407 e. The zero-order chi connectivity index (χ0) is 67.6. The van der Waals surface area contributed by atoms with Crippen LogP contribution in [-0.4, -0.2) is 99.8 Å². The Labute approximate surface area is 551 Å². The smallest absolute Gasteiger partial charge is 0.407 e. The average Bonchev–Trinajstić information content (AvgIpc) is 0.758.